The maximum Gasteiger partial charge on any atom is 0.223 e. The molecule has 3 rings (SSSR count). The van der Waals surface area contributed by atoms with Gasteiger partial charge in [-0.3, -0.25) is 9.48 Å². The van der Waals surface area contributed by atoms with Gasteiger partial charge in [-0.1, -0.05) is 12.1 Å². The average Bonchev–Trinajstić information content (AvgIpc) is 3.21. The maximum atomic E-state index is 12.2. The van der Waals surface area contributed by atoms with E-state index in [9.17, 15) is 4.79 Å². The van der Waals surface area contributed by atoms with E-state index >= 15 is 0 Å². The molecule has 0 unspecified atom stereocenters. The topological polar surface area (TPSA) is 74.6 Å². The van der Waals surface area contributed by atoms with Crippen molar-refractivity contribution in [2.24, 2.45) is 7.05 Å². The van der Waals surface area contributed by atoms with Crippen molar-refractivity contribution in [3.63, 3.8) is 0 Å². The highest BCUT2D eigenvalue weighted by atomic mass is 16.5. The molecule has 1 aliphatic heterocycles. The van der Waals surface area contributed by atoms with Gasteiger partial charge in [0.1, 0.15) is 11.9 Å². The first-order valence-electron chi connectivity index (χ1n) is 8.74. The summed E-state index contributed by atoms with van der Waals surface area (Å²) in [5.41, 5.74) is 2.27. The lowest BCUT2D eigenvalue weighted by atomic mass is 10.1. The third-order valence-electron chi connectivity index (χ3n) is 4.48. The molecule has 1 aliphatic rings. The molecule has 2 atom stereocenters. The first kappa shape index (κ1) is 18.3. The van der Waals surface area contributed by atoms with Crippen LogP contribution in [0.2, 0.25) is 0 Å². The molecule has 1 aromatic heterocycles. The van der Waals surface area contributed by atoms with Gasteiger partial charge in [0.2, 0.25) is 5.91 Å². The smallest absolute Gasteiger partial charge is 0.223 e. The van der Waals surface area contributed by atoms with Crippen LogP contribution in [0.25, 0.3) is 0 Å². The summed E-state index contributed by atoms with van der Waals surface area (Å²) in [5.74, 6) is 1.41. The van der Waals surface area contributed by atoms with Gasteiger partial charge in [-0.05, 0) is 31.0 Å². The average molecular weight is 359 g/mol. The number of aryl methyl sites for hydroxylation is 2. The van der Waals surface area contributed by atoms with Gasteiger partial charge < -0.3 is 19.5 Å². The minimum Gasteiger partial charge on any atom is -0.493 e. The summed E-state index contributed by atoms with van der Waals surface area (Å²) in [5, 5.41) is 7.05. The highest BCUT2D eigenvalue weighted by Gasteiger charge is 2.31. The molecule has 0 bridgehead atoms. The van der Waals surface area contributed by atoms with Crippen molar-refractivity contribution in [1.82, 2.24) is 15.1 Å². The van der Waals surface area contributed by atoms with E-state index in [1.165, 1.54) is 5.56 Å². The van der Waals surface area contributed by atoms with Crippen LogP contribution in [0.5, 0.6) is 11.5 Å². The minimum absolute atomic E-state index is 0.0782. The SMILES string of the molecule is Cc1cccc(OCCC(=O)N[C@H]2COC[C@H]2Oc2cnn(C)c2)c1C. The molecule has 1 aromatic carbocycles. The van der Waals surface area contributed by atoms with Gasteiger partial charge in [-0.2, -0.15) is 5.10 Å². The number of aromatic nitrogens is 2. The predicted molar refractivity (Wildman–Crippen MR) is 96.4 cm³/mol. The van der Waals surface area contributed by atoms with E-state index < -0.39 is 0 Å². The van der Waals surface area contributed by atoms with E-state index in [-0.39, 0.29) is 24.5 Å². The molecule has 1 saturated heterocycles. The van der Waals surface area contributed by atoms with E-state index in [1.54, 1.807) is 17.1 Å². The highest BCUT2D eigenvalue weighted by Crippen LogP contribution is 2.20. The number of carbonyl (C=O) groups excluding carboxylic acids is 1. The van der Waals surface area contributed by atoms with Gasteiger partial charge in [0.15, 0.2) is 5.75 Å². The third-order valence-corrected chi connectivity index (χ3v) is 4.48. The van der Waals surface area contributed by atoms with Crippen molar-refractivity contribution in [1.29, 1.82) is 0 Å². The number of rotatable bonds is 7. The van der Waals surface area contributed by atoms with Crippen LogP contribution in [-0.4, -0.2) is 47.7 Å². The Labute approximate surface area is 153 Å². The molecule has 7 nitrogen and oxygen atoms in total. The Kier molecular flexibility index (Phi) is 5.78. The standard InChI is InChI=1S/C19H25N3O4/c1-13-5-4-6-17(14(13)2)25-8-7-19(23)21-16-11-24-12-18(16)26-15-9-20-22(3)10-15/h4-6,9-10,16,18H,7-8,11-12H2,1-3H3,(H,21,23)/t16-,18+/m0/s1. The van der Waals surface area contributed by atoms with Crippen LogP contribution in [-0.2, 0) is 16.6 Å². The fourth-order valence-corrected chi connectivity index (χ4v) is 2.83. The number of nitrogens with one attached hydrogen (secondary N) is 1. The van der Waals surface area contributed by atoms with Crippen molar-refractivity contribution in [2.45, 2.75) is 32.4 Å². The van der Waals surface area contributed by atoms with E-state index in [1.807, 2.05) is 39.1 Å². The zero-order valence-corrected chi connectivity index (χ0v) is 15.4. The Morgan fingerprint density at radius 2 is 2.23 bits per heavy atom. The van der Waals surface area contributed by atoms with Crippen LogP contribution >= 0.6 is 0 Å². The molecule has 2 heterocycles. The summed E-state index contributed by atoms with van der Waals surface area (Å²) < 4.78 is 18.7. The van der Waals surface area contributed by atoms with Gasteiger partial charge in [-0.15, -0.1) is 0 Å². The molecule has 1 amide bonds. The zero-order chi connectivity index (χ0) is 18.5. The first-order chi connectivity index (χ1) is 12.5. The van der Waals surface area contributed by atoms with Gasteiger partial charge in [0, 0.05) is 7.05 Å². The fourth-order valence-electron chi connectivity index (χ4n) is 2.83. The van der Waals surface area contributed by atoms with Crippen LogP contribution in [0.1, 0.15) is 17.5 Å². The molecular weight excluding hydrogens is 334 g/mol. The Hall–Kier alpha value is -2.54. The maximum absolute atomic E-state index is 12.2. The summed E-state index contributed by atoms with van der Waals surface area (Å²) in [6, 6.07) is 5.73. The van der Waals surface area contributed by atoms with Crippen LogP contribution < -0.4 is 14.8 Å². The van der Waals surface area contributed by atoms with Crippen LogP contribution in [0, 0.1) is 13.8 Å². The zero-order valence-electron chi connectivity index (χ0n) is 15.4. The molecule has 1 fully saturated rings. The summed E-state index contributed by atoms with van der Waals surface area (Å²) in [7, 11) is 1.83. The predicted octanol–water partition coefficient (Wildman–Crippen LogP) is 1.77. The Balaban J connectivity index is 1.45. The number of carbonyl (C=O) groups is 1. The monoisotopic (exact) mass is 359 g/mol. The Bertz CT molecular complexity index is 759. The van der Waals surface area contributed by atoms with Crippen molar-refractivity contribution >= 4 is 5.91 Å². The van der Waals surface area contributed by atoms with Crippen LogP contribution in [0.3, 0.4) is 0 Å². The number of nitrogens with zero attached hydrogens (tertiary/aromatic N) is 2. The largest absolute Gasteiger partial charge is 0.493 e. The van der Waals surface area contributed by atoms with E-state index in [4.69, 9.17) is 14.2 Å². The first-order valence-corrected chi connectivity index (χ1v) is 8.74. The van der Waals surface area contributed by atoms with Gasteiger partial charge in [0.25, 0.3) is 0 Å². The molecule has 140 valence electrons. The van der Waals surface area contributed by atoms with Gasteiger partial charge >= 0.3 is 0 Å². The van der Waals surface area contributed by atoms with Crippen molar-refractivity contribution < 1.29 is 19.0 Å². The van der Waals surface area contributed by atoms with Crippen LogP contribution in [0.15, 0.2) is 30.6 Å². The lowest BCUT2D eigenvalue weighted by Gasteiger charge is -2.19. The second-order valence-corrected chi connectivity index (χ2v) is 6.51. The lowest BCUT2D eigenvalue weighted by Crippen LogP contribution is -2.45. The van der Waals surface area contributed by atoms with E-state index in [0.717, 1.165) is 11.3 Å². The number of ether oxygens (including phenoxy) is 3. The molecule has 2 aromatic rings. The molecular formula is C19H25N3O4. The number of hydrogen-bond donors (Lipinski definition) is 1. The summed E-state index contributed by atoms with van der Waals surface area (Å²) in [6.07, 6.45) is 3.50. The fraction of sp³-hybridized carbons (Fsp3) is 0.474. The molecule has 1 N–H and O–H groups in total. The summed E-state index contributed by atoms with van der Waals surface area (Å²) in [6.45, 7) is 5.27. The molecule has 0 saturated carbocycles. The van der Waals surface area contributed by atoms with Crippen LogP contribution in [0.4, 0.5) is 0 Å². The Morgan fingerprint density at radius 1 is 1.38 bits per heavy atom. The van der Waals surface area contributed by atoms with Crippen molar-refractivity contribution in [3.05, 3.63) is 41.7 Å². The summed E-state index contributed by atoms with van der Waals surface area (Å²) in [4.78, 5) is 12.2. The number of benzene rings is 1. The second kappa shape index (κ2) is 8.23. The molecule has 7 heteroatoms. The molecule has 0 spiro atoms. The van der Waals surface area contributed by atoms with Crippen molar-refractivity contribution in [2.75, 3.05) is 19.8 Å². The van der Waals surface area contributed by atoms with E-state index in [0.29, 0.717) is 25.6 Å². The second-order valence-electron chi connectivity index (χ2n) is 6.51. The summed E-state index contributed by atoms with van der Waals surface area (Å²) >= 11 is 0. The number of amides is 1. The highest BCUT2D eigenvalue weighted by molar-refractivity contribution is 5.76. The molecule has 26 heavy (non-hydrogen) atoms. The van der Waals surface area contributed by atoms with Gasteiger partial charge in [-0.25, -0.2) is 0 Å². The van der Waals surface area contributed by atoms with Crippen molar-refractivity contribution in [3.8, 4) is 11.5 Å². The Morgan fingerprint density at radius 3 is 3.00 bits per heavy atom. The normalized spacial score (nSPS) is 19.3. The lowest BCUT2D eigenvalue weighted by molar-refractivity contribution is -0.122. The van der Waals surface area contributed by atoms with E-state index in [2.05, 4.69) is 10.4 Å². The quantitative estimate of drug-likeness (QED) is 0.815. The number of hydrogen-bond acceptors (Lipinski definition) is 5. The van der Waals surface area contributed by atoms with Gasteiger partial charge in [0.05, 0.1) is 44.7 Å². The minimum atomic E-state index is -0.219. The molecule has 0 radical (unpaired) electrons. The third kappa shape index (κ3) is 4.54. The molecule has 0 aliphatic carbocycles.